The van der Waals surface area contributed by atoms with Crippen molar-refractivity contribution in [2.24, 2.45) is 11.8 Å². The first-order valence-corrected chi connectivity index (χ1v) is 8.29. The summed E-state index contributed by atoms with van der Waals surface area (Å²) in [6.45, 7) is 6.17. The number of pyridine rings is 1. The molecule has 4 N–H and O–H groups in total. The Balaban J connectivity index is 2.69. The van der Waals surface area contributed by atoms with E-state index in [0.29, 0.717) is 5.92 Å². The van der Waals surface area contributed by atoms with Gasteiger partial charge in [0.05, 0.1) is 5.69 Å². The molecule has 20 heavy (non-hydrogen) atoms. The van der Waals surface area contributed by atoms with Crippen molar-refractivity contribution in [2.75, 3.05) is 5.43 Å². The van der Waals surface area contributed by atoms with Crippen LogP contribution in [0.15, 0.2) is 23.4 Å². The van der Waals surface area contributed by atoms with Gasteiger partial charge in [-0.2, -0.15) is 0 Å². The Morgan fingerprint density at radius 2 is 2.00 bits per heavy atom. The molecule has 0 saturated carbocycles. The van der Waals surface area contributed by atoms with Crippen molar-refractivity contribution >= 4 is 15.7 Å². The highest BCUT2D eigenvalue weighted by molar-refractivity contribution is 7.89. The summed E-state index contributed by atoms with van der Waals surface area (Å²) in [6.07, 6.45) is 4.31. The standard InChI is InChI=1S/C13H24N4O2S/c1-10(2)6-4-7-11(3)17-20(18,19)13-12(16-14)8-5-9-15-13/h5,8-11,16-17H,4,6-7,14H2,1-3H3. The summed E-state index contributed by atoms with van der Waals surface area (Å²) < 4.78 is 27.1. The van der Waals surface area contributed by atoms with E-state index in [1.807, 2.05) is 6.92 Å². The molecule has 6 nitrogen and oxygen atoms in total. The number of nitrogens with two attached hydrogens (primary N) is 1. The quantitative estimate of drug-likeness (QED) is 0.503. The third-order valence-electron chi connectivity index (χ3n) is 2.96. The van der Waals surface area contributed by atoms with Gasteiger partial charge in [-0.25, -0.2) is 18.1 Å². The second kappa shape index (κ2) is 7.56. The fourth-order valence-corrected chi connectivity index (χ4v) is 3.30. The van der Waals surface area contributed by atoms with Gasteiger partial charge in [0.15, 0.2) is 5.03 Å². The molecule has 0 aliphatic rings. The third kappa shape index (κ3) is 5.07. The number of sulfonamides is 1. The maximum absolute atomic E-state index is 12.3. The van der Waals surface area contributed by atoms with Crippen LogP contribution in [0.3, 0.4) is 0 Å². The minimum atomic E-state index is -3.66. The molecule has 0 radical (unpaired) electrons. The lowest BCUT2D eigenvalue weighted by Crippen LogP contribution is -2.33. The Bertz CT molecular complexity index is 517. The molecule has 0 spiro atoms. The van der Waals surface area contributed by atoms with Gasteiger partial charge in [-0.05, 0) is 31.4 Å². The molecule has 0 aliphatic heterocycles. The largest absolute Gasteiger partial charge is 0.321 e. The van der Waals surface area contributed by atoms with E-state index in [-0.39, 0.29) is 16.8 Å². The number of aromatic nitrogens is 1. The summed E-state index contributed by atoms with van der Waals surface area (Å²) in [4.78, 5) is 3.89. The average molecular weight is 300 g/mol. The first kappa shape index (κ1) is 16.9. The van der Waals surface area contributed by atoms with Crippen LogP contribution in [0.5, 0.6) is 0 Å². The van der Waals surface area contributed by atoms with Crippen LogP contribution in [0, 0.1) is 5.92 Å². The normalized spacial score (nSPS) is 13.4. The van der Waals surface area contributed by atoms with Crippen molar-refractivity contribution in [3.8, 4) is 0 Å². The van der Waals surface area contributed by atoms with E-state index < -0.39 is 10.0 Å². The molecule has 1 atom stereocenters. The van der Waals surface area contributed by atoms with Gasteiger partial charge >= 0.3 is 0 Å². The highest BCUT2D eigenvalue weighted by Crippen LogP contribution is 2.17. The average Bonchev–Trinajstić information content (AvgIpc) is 2.37. The molecule has 1 heterocycles. The predicted molar refractivity (Wildman–Crippen MR) is 80.5 cm³/mol. The number of hydrogen-bond donors (Lipinski definition) is 3. The number of rotatable bonds is 8. The SMILES string of the molecule is CC(C)CCCC(C)NS(=O)(=O)c1ncccc1NN. The summed E-state index contributed by atoms with van der Waals surface area (Å²) in [6, 6.07) is 3.07. The first-order chi connectivity index (χ1) is 9.36. The van der Waals surface area contributed by atoms with Crippen LogP contribution in [0.1, 0.15) is 40.0 Å². The molecule has 0 amide bonds. The molecule has 1 aromatic heterocycles. The van der Waals surface area contributed by atoms with Crippen LogP contribution in [0.2, 0.25) is 0 Å². The van der Waals surface area contributed by atoms with Gasteiger partial charge in [0.1, 0.15) is 0 Å². The van der Waals surface area contributed by atoms with E-state index in [0.717, 1.165) is 19.3 Å². The fourth-order valence-electron chi connectivity index (χ4n) is 1.93. The van der Waals surface area contributed by atoms with E-state index in [4.69, 9.17) is 5.84 Å². The summed E-state index contributed by atoms with van der Waals surface area (Å²) in [7, 11) is -3.66. The maximum atomic E-state index is 12.3. The fraction of sp³-hybridized carbons (Fsp3) is 0.615. The van der Waals surface area contributed by atoms with E-state index in [1.165, 1.54) is 6.20 Å². The molecule has 1 rings (SSSR count). The van der Waals surface area contributed by atoms with Crippen LogP contribution < -0.4 is 16.0 Å². The van der Waals surface area contributed by atoms with Crippen molar-refractivity contribution in [2.45, 2.75) is 51.1 Å². The predicted octanol–water partition coefficient (Wildman–Crippen LogP) is 1.86. The van der Waals surface area contributed by atoms with Gasteiger partial charge in [-0.3, -0.25) is 5.84 Å². The van der Waals surface area contributed by atoms with E-state index in [2.05, 4.69) is 29.0 Å². The highest BCUT2D eigenvalue weighted by Gasteiger charge is 2.21. The van der Waals surface area contributed by atoms with Crippen LogP contribution in [-0.4, -0.2) is 19.4 Å². The van der Waals surface area contributed by atoms with Crippen molar-refractivity contribution < 1.29 is 8.42 Å². The first-order valence-electron chi connectivity index (χ1n) is 6.80. The second-order valence-corrected chi connectivity index (χ2v) is 6.98. The minimum Gasteiger partial charge on any atom is -0.321 e. The lowest BCUT2D eigenvalue weighted by molar-refractivity contribution is 0.487. The number of anilines is 1. The topological polar surface area (TPSA) is 97.1 Å². The van der Waals surface area contributed by atoms with E-state index in [1.54, 1.807) is 12.1 Å². The molecule has 0 bridgehead atoms. The van der Waals surface area contributed by atoms with Gasteiger partial charge in [0, 0.05) is 12.2 Å². The number of hydrogen-bond acceptors (Lipinski definition) is 5. The van der Waals surface area contributed by atoms with Gasteiger partial charge in [-0.15, -0.1) is 0 Å². The van der Waals surface area contributed by atoms with Crippen LogP contribution >= 0.6 is 0 Å². The van der Waals surface area contributed by atoms with Gasteiger partial charge in [0.2, 0.25) is 0 Å². The lowest BCUT2D eigenvalue weighted by atomic mass is 10.0. The summed E-state index contributed by atoms with van der Waals surface area (Å²) in [5, 5.41) is -0.0711. The van der Waals surface area contributed by atoms with Gasteiger partial charge in [-0.1, -0.05) is 26.7 Å². The zero-order chi connectivity index (χ0) is 15.2. The molecule has 1 aromatic rings. The van der Waals surface area contributed by atoms with Crippen LogP contribution in [0.25, 0.3) is 0 Å². The smallest absolute Gasteiger partial charge is 0.260 e. The Hall–Kier alpha value is -1.18. The Kier molecular flexibility index (Phi) is 6.38. The monoisotopic (exact) mass is 300 g/mol. The number of nitrogens with zero attached hydrogens (tertiary/aromatic N) is 1. The summed E-state index contributed by atoms with van der Waals surface area (Å²) in [5.74, 6) is 5.94. The Morgan fingerprint density at radius 3 is 2.60 bits per heavy atom. The van der Waals surface area contributed by atoms with Crippen molar-refractivity contribution in [3.05, 3.63) is 18.3 Å². The molecular formula is C13H24N4O2S. The van der Waals surface area contributed by atoms with E-state index in [9.17, 15) is 8.42 Å². The number of hydrazine groups is 1. The molecule has 0 fully saturated rings. The molecule has 0 saturated heterocycles. The Labute approximate surface area is 121 Å². The molecule has 0 aromatic carbocycles. The summed E-state index contributed by atoms with van der Waals surface area (Å²) in [5.41, 5.74) is 2.64. The molecule has 114 valence electrons. The second-order valence-electron chi connectivity index (χ2n) is 5.35. The van der Waals surface area contributed by atoms with E-state index >= 15 is 0 Å². The molecule has 7 heteroatoms. The van der Waals surface area contributed by atoms with Crippen molar-refractivity contribution in [3.63, 3.8) is 0 Å². The van der Waals surface area contributed by atoms with Crippen LogP contribution in [0.4, 0.5) is 5.69 Å². The maximum Gasteiger partial charge on any atom is 0.260 e. The molecule has 0 aliphatic carbocycles. The van der Waals surface area contributed by atoms with Gasteiger partial charge in [0.25, 0.3) is 10.0 Å². The van der Waals surface area contributed by atoms with Gasteiger partial charge < -0.3 is 5.43 Å². The van der Waals surface area contributed by atoms with Crippen molar-refractivity contribution in [1.29, 1.82) is 0 Å². The molecule has 1 unspecified atom stereocenters. The highest BCUT2D eigenvalue weighted by atomic mass is 32.2. The zero-order valence-corrected chi connectivity index (χ0v) is 13.1. The summed E-state index contributed by atoms with van der Waals surface area (Å²) >= 11 is 0. The third-order valence-corrected chi connectivity index (χ3v) is 4.50. The minimum absolute atomic E-state index is 0.0711. The van der Waals surface area contributed by atoms with Crippen LogP contribution in [-0.2, 0) is 10.0 Å². The number of nitrogen functional groups attached to an aromatic ring is 1. The zero-order valence-electron chi connectivity index (χ0n) is 12.3. The molecular weight excluding hydrogens is 276 g/mol. The van der Waals surface area contributed by atoms with Crippen molar-refractivity contribution in [1.82, 2.24) is 9.71 Å². The number of nitrogens with one attached hydrogen (secondary N) is 2. The lowest BCUT2D eigenvalue weighted by Gasteiger charge is -2.15. The Morgan fingerprint density at radius 1 is 1.30 bits per heavy atom.